The van der Waals surface area contributed by atoms with Gasteiger partial charge in [0.1, 0.15) is 0 Å². The molecular formula is C15H20ClN3. The van der Waals surface area contributed by atoms with Crippen molar-refractivity contribution in [2.75, 3.05) is 0 Å². The molecule has 0 radical (unpaired) electrons. The Kier molecular flexibility index (Phi) is 4.27. The Morgan fingerprint density at radius 3 is 2.68 bits per heavy atom. The zero-order valence-electron chi connectivity index (χ0n) is 11.9. The zero-order chi connectivity index (χ0) is 14.0. The average molecular weight is 278 g/mol. The molecule has 2 aromatic rings. The van der Waals surface area contributed by atoms with Crippen molar-refractivity contribution in [3.05, 3.63) is 51.8 Å². The molecule has 2 rings (SSSR count). The molecule has 0 bridgehead atoms. The van der Waals surface area contributed by atoms with Gasteiger partial charge in [-0.1, -0.05) is 23.7 Å². The van der Waals surface area contributed by atoms with Crippen molar-refractivity contribution in [3.63, 3.8) is 0 Å². The number of hydrogen-bond acceptors (Lipinski definition) is 2. The predicted octanol–water partition coefficient (Wildman–Crippen LogP) is 3.54. The van der Waals surface area contributed by atoms with E-state index in [1.165, 1.54) is 16.8 Å². The summed E-state index contributed by atoms with van der Waals surface area (Å²) in [5, 5.41) is 8.76. The molecular weight excluding hydrogens is 258 g/mol. The fourth-order valence-electron chi connectivity index (χ4n) is 2.44. The Balaban J connectivity index is 2.07. The van der Waals surface area contributed by atoms with Crippen molar-refractivity contribution in [1.29, 1.82) is 0 Å². The lowest BCUT2D eigenvalue weighted by molar-refractivity contribution is 0.568. The van der Waals surface area contributed by atoms with Crippen LogP contribution in [0.3, 0.4) is 0 Å². The van der Waals surface area contributed by atoms with Gasteiger partial charge in [-0.3, -0.25) is 4.68 Å². The largest absolute Gasteiger partial charge is 0.306 e. The Bertz CT molecular complexity index is 575. The molecule has 0 aliphatic rings. The number of hydrogen-bond donors (Lipinski definition) is 1. The number of nitrogens with one attached hydrogen (secondary N) is 1. The molecule has 0 aliphatic carbocycles. The summed E-state index contributed by atoms with van der Waals surface area (Å²) >= 11 is 5.99. The molecule has 0 fully saturated rings. The number of rotatable bonds is 4. The number of benzene rings is 1. The van der Waals surface area contributed by atoms with Crippen LogP contribution in [0.1, 0.15) is 35.5 Å². The van der Waals surface area contributed by atoms with E-state index < -0.39 is 0 Å². The van der Waals surface area contributed by atoms with Gasteiger partial charge in [0.2, 0.25) is 0 Å². The van der Waals surface area contributed by atoms with E-state index in [4.69, 9.17) is 11.6 Å². The van der Waals surface area contributed by atoms with Crippen molar-refractivity contribution in [1.82, 2.24) is 15.1 Å². The lowest BCUT2D eigenvalue weighted by Crippen LogP contribution is -2.19. The van der Waals surface area contributed by atoms with E-state index in [9.17, 15) is 0 Å². The number of halogens is 1. The minimum Gasteiger partial charge on any atom is -0.306 e. The van der Waals surface area contributed by atoms with Crippen LogP contribution in [0.2, 0.25) is 5.02 Å². The van der Waals surface area contributed by atoms with Gasteiger partial charge in [0, 0.05) is 35.9 Å². The summed E-state index contributed by atoms with van der Waals surface area (Å²) in [6.45, 7) is 7.13. The fraction of sp³-hybridized carbons (Fsp3) is 0.400. The van der Waals surface area contributed by atoms with E-state index in [0.29, 0.717) is 0 Å². The molecule has 3 nitrogen and oxygen atoms in total. The van der Waals surface area contributed by atoms with Crippen molar-refractivity contribution in [2.24, 2.45) is 7.05 Å². The number of nitrogens with zero attached hydrogens (tertiary/aromatic N) is 2. The molecule has 4 heteroatoms. The second-order valence-corrected chi connectivity index (χ2v) is 5.38. The number of aromatic nitrogens is 2. The van der Waals surface area contributed by atoms with E-state index in [1.54, 1.807) is 0 Å². The lowest BCUT2D eigenvalue weighted by atomic mass is 10.1. The molecule has 102 valence electrons. The van der Waals surface area contributed by atoms with E-state index in [0.717, 1.165) is 17.3 Å². The Hall–Kier alpha value is -1.32. The van der Waals surface area contributed by atoms with Gasteiger partial charge in [-0.15, -0.1) is 0 Å². The minimum atomic E-state index is 0.271. The van der Waals surface area contributed by atoms with Crippen LogP contribution in [-0.2, 0) is 13.6 Å². The van der Waals surface area contributed by atoms with Crippen molar-refractivity contribution in [3.8, 4) is 0 Å². The fourth-order valence-corrected chi connectivity index (χ4v) is 2.65. The van der Waals surface area contributed by atoms with Crippen LogP contribution in [0.25, 0.3) is 0 Å². The van der Waals surface area contributed by atoms with Crippen LogP contribution in [0.15, 0.2) is 24.3 Å². The van der Waals surface area contributed by atoms with Gasteiger partial charge in [0.25, 0.3) is 0 Å². The zero-order valence-corrected chi connectivity index (χ0v) is 12.6. The predicted molar refractivity (Wildman–Crippen MR) is 79.4 cm³/mol. The van der Waals surface area contributed by atoms with Crippen molar-refractivity contribution < 1.29 is 0 Å². The van der Waals surface area contributed by atoms with Crippen LogP contribution < -0.4 is 5.32 Å². The van der Waals surface area contributed by atoms with E-state index in [1.807, 2.05) is 29.9 Å². The van der Waals surface area contributed by atoms with Crippen molar-refractivity contribution >= 4 is 11.6 Å². The molecule has 1 N–H and O–H groups in total. The summed E-state index contributed by atoms with van der Waals surface area (Å²) in [4.78, 5) is 0. The van der Waals surface area contributed by atoms with Gasteiger partial charge in [-0.05, 0) is 38.5 Å². The molecule has 1 aromatic carbocycles. The van der Waals surface area contributed by atoms with Gasteiger partial charge in [0.15, 0.2) is 0 Å². The third-order valence-electron chi connectivity index (χ3n) is 3.50. The Morgan fingerprint density at radius 2 is 2.11 bits per heavy atom. The third kappa shape index (κ3) is 3.17. The van der Waals surface area contributed by atoms with E-state index in [-0.39, 0.29) is 6.04 Å². The highest BCUT2D eigenvalue weighted by atomic mass is 35.5. The highest BCUT2D eigenvalue weighted by Gasteiger charge is 2.15. The minimum absolute atomic E-state index is 0.271. The van der Waals surface area contributed by atoms with Crippen LogP contribution >= 0.6 is 11.6 Å². The number of aryl methyl sites for hydroxylation is 2. The molecule has 0 amide bonds. The first-order chi connectivity index (χ1) is 8.99. The first-order valence-corrected chi connectivity index (χ1v) is 6.84. The summed E-state index contributed by atoms with van der Waals surface area (Å²) in [7, 11) is 1.98. The second-order valence-electron chi connectivity index (χ2n) is 4.94. The van der Waals surface area contributed by atoms with Crippen LogP contribution in [0.5, 0.6) is 0 Å². The van der Waals surface area contributed by atoms with Gasteiger partial charge in [-0.2, -0.15) is 5.10 Å². The van der Waals surface area contributed by atoms with Gasteiger partial charge >= 0.3 is 0 Å². The van der Waals surface area contributed by atoms with Crippen LogP contribution in [-0.4, -0.2) is 9.78 Å². The van der Waals surface area contributed by atoms with E-state index >= 15 is 0 Å². The molecule has 1 heterocycles. The lowest BCUT2D eigenvalue weighted by Gasteiger charge is -2.15. The highest BCUT2D eigenvalue weighted by Crippen LogP contribution is 2.21. The molecule has 1 aromatic heterocycles. The quantitative estimate of drug-likeness (QED) is 0.926. The second kappa shape index (κ2) is 5.76. The summed E-state index contributed by atoms with van der Waals surface area (Å²) in [6, 6.07) is 8.21. The Morgan fingerprint density at radius 1 is 1.37 bits per heavy atom. The molecule has 1 unspecified atom stereocenters. The van der Waals surface area contributed by atoms with Gasteiger partial charge in [0.05, 0.1) is 5.69 Å². The van der Waals surface area contributed by atoms with E-state index in [2.05, 4.69) is 37.3 Å². The molecule has 19 heavy (non-hydrogen) atoms. The normalized spacial score (nSPS) is 12.7. The topological polar surface area (TPSA) is 29.9 Å². The maximum atomic E-state index is 5.99. The molecule has 0 aliphatic heterocycles. The molecule has 1 atom stereocenters. The maximum absolute atomic E-state index is 5.99. The highest BCUT2D eigenvalue weighted by molar-refractivity contribution is 6.30. The summed E-state index contributed by atoms with van der Waals surface area (Å²) < 4.78 is 1.93. The average Bonchev–Trinajstić information content (AvgIpc) is 2.61. The third-order valence-corrected chi connectivity index (χ3v) is 3.73. The molecule has 0 saturated heterocycles. The first-order valence-electron chi connectivity index (χ1n) is 6.47. The summed E-state index contributed by atoms with van der Waals surface area (Å²) in [5.74, 6) is 0. The first kappa shape index (κ1) is 14.1. The monoisotopic (exact) mass is 277 g/mol. The molecule has 0 spiro atoms. The van der Waals surface area contributed by atoms with Crippen LogP contribution in [0.4, 0.5) is 0 Å². The van der Waals surface area contributed by atoms with Gasteiger partial charge < -0.3 is 5.32 Å². The SMILES string of the molecule is Cc1nn(C)c(C)c1C(C)NCc1cccc(Cl)c1. The maximum Gasteiger partial charge on any atom is 0.0644 e. The Labute approximate surface area is 119 Å². The van der Waals surface area contributed by atoms with Crippen LogP contribution in [0, 0.1) is 13.8 Å². The smallest absolute Gasteiger partial charge is 0.0644 e. The summed E-state index contributed by atoms with van der Waals surface area (Å²) in [5.41, 5.74) is 4.78. The standard InChI is InChI=1S/C15H20ClN3/c1-10(15-11(2)18-19(4)12(15)3)17-9-13-6-5-7-14(16)8-13/h5-8,10,17H,9H2,1-4H3. The van der Waals surface area contributed by atoms with Gasteiger partial charge in [-0.25, -0.2) is 0 Å². The van der Waals surface area contributed by atoms with Crippen molar-refractivity contribution in [2.45, 2.75) is 33.4 Å². The summed E-state index contributed by atoms with van der Waals surface area (Å²) in [6.07, 6.45) is 0. The molecule has 0 saturated carbocycles.